The smallest absolute Gasteiger partial charge is 0.270 e. The van der Waals surface area contributed by atoms with Crippen LogP contribution in [0.4, 0.5) is 11.4 Å². The van der Waals surface area contributed by atoms with E-state index in [1.165, 1.54) is 12.1 Å². The first-order valence-electron chi connectivity index (χ1n) is 5.37. The number of hydrogen-bond donors (Lipinski definition) is 1. The maximum absolute atomic E-state index is 11.6. The minimum Gasteiger partial charge on any atom is -0.375 e. The topological polar surface area (TPSA) is 75.5 Å². The second-order valence-electron chi connectivity index (χ2n) is 3.68. The largest absolute Gasteiger partial charge is 0.375 e. The minimum absolute atomic E-state index is 0.0216. The number of amides is 1. The highest BCUT2D eigenvalue weighted by Gasteiger charge is 2.11. The van der Waals surface area contributed by atoms with Crippen molar-refractivity contribution in [2.75, 3.05) is 25.5 Å². The molecule has 1 aromatic carbocycles. The SMILES string of the molecule is CCN(C)C(=O)CNc1ccc([N+](=O)[O-])cc1I. The first kappa shape index (κ1) is 14.7. The molecule has 1 rings (SSSR count). The van der Waals surface area contributed by atoms with Crippen molar-refractivity contribution in [3.8, 4) is 0 Å². The number of carbonyl (C=O) groups excluding carboxylic acids is 1. The zero-order chi connectivity index (χ0) is 13.7. The molecule has 0 aliphatic heterocycles. The van der Waals surface area contributed by atoms with Gasteiger partial charge in [0.15, 0.2) is 0 Å². The van der Waals surface area contributed by atoms with Gasteiger partial charge < -0.3 is 10.2 Å². The van der Waals surface area contributed by atoms with Gasteiger partial charge in [0.05, 0.1) is 11.5 Å². The van der Waals surface area contributed by atoms with Gasteiger partial charge >= 0.3 is 0 Å². The minimum atomic E-state index is -0.443. The molecule has 1 N–H and O–H groups in total. The Morgan fingerprint density at radius 2 is 2.22 bits per heavy atom. The van der Waals surface area contributed by atoms with Crippen molar-refractivity contribution in [2.24, 2.45) is 0 Å². The lowest BCUT2D eigenvalue weighted by Crippen LogP contribution is -2.32. The standard InChI is InChI=1S/C11H14IN3O3/c1-3-14(2)11(16)7-13-10-5-4-8(15(17)18)6-9(10)12/h4-6,13H,3,7H2,1-2H3. The summed E-state index contributed by atoms with van der Waals surface area (Å²) in [6.07, 6.45) is 0. The second-order valence-corrected chi connectivity index (χ2v) is 4.84. The Bertz CT molecular complexity index is 465. The first-order chi connectivity index (χ1) is 8.45. The number of nitrogens with one attached hydrogen (secondary N) is 1. The van der Waals surface area contributed by atoms with Gasteiger partial charge in [0, 0.05) is 35.0 Å². The van der Waals surface area contributed by atoms with E-state index in [1.54, 1.807) is 18.0 Å². The molecule has 0 radical (unpaired) electrons. The van der Waals surface area contributed by atoms with E-state index in [4.69, 9.17) is 0 Å². The second kappa shape index (κ2) is 6.53. The molecule has 0 fully saturated rings. The van der Waals surface area contributed by atoms with Crippen LogP contribution in [0.25, 0.3) is 0 Å². The van der Waals surface area contributed by atoms with Crippen molar-refractivity contribution < 1.29 is 9.72 Å². The van der Waals surface area contributed by atoms with Crippen molar-refractivity contribution in [1.29, 1.82) is 0 Å². The third-order valence-electron chi connectivity index (χ3n) is 2.49. The van der Waals surface area contributed by atoms with E-state index >= 15 is 0 Å². The molecule has 7 heteroatoms. The van der Waals surface area contributed by atoms with Gasteiger partial charge in [0.2, 0.25) is 5.91 Å². The summed E-state index contributed by atoms with van der Waals surface area (Å²) in [6, 6.07) is 4.49. The maximum Gasteiger partial charge on any atom is 0.270 e. The molecule has 0 atom stereocenters. The lowest BCUT2D eigenvalue weighted by Gasteiger charge is -2.15. The molecular formula is C11H14IN3O3. The van der Waals surface area contributed by atoms with Gasteiger partial charge in [0.25, 0.3) is 5.69 Å². The summed E-state index contributed by atoms with van der Waals surface area (Å²) in [5.74, 6) is -0.0216. The summed E-state index contributed by atoms with van der Waals surface area (Å²) in [7, 11) is 1.73. The lowest BCUT2D eigenvalue weighted by molar-refractivity contribution is -0.384. The zero-order valence-electron chi connectivity index (χ0n) is 10.1. The molecule has 0 aromatic heterocycles. The van der Waals surface area contributed by atoms with Gasteiger partial charge in [-0.05, 0) is 35.6 Å². The Kier molecular flexibility index (Phi) is 5.32. The van der Waals surface area contributed by atoms with E-state index in [0.717, 1.165) is 5.69 Å². The molecular weight excluding hydrogens is 349 g/mol. The molecule has 1 amide bonds. The normalized spacial score (nSPS) is 9.94. The summed E-state index contributed by atoms with van der Waals surface area (Å²) in [5.41, 5.74) is 0.765. The Balaban J connectivity index is 2.69. The highest BCUT2D eigenvalue weighted by Crippen LogP contribution is 2.23. The zero-order valence-corrected chi connectivity index (χ0v) is 12.3. The van der Waals surface area contributed by atoms with Crippen LogP contribution in [0, 0.1) is 13.7 Å². The predicted octanol–water partition coefficient (Wildman–Crippen LogP) is 2.09. The molecule has 18 heavy (non-hydrogen) atoms. The van der Waals surface area contributed by atoms with Crippen LogP contribution in [0.5, 0.6) is 0 Å². The lowest BCUT2D eigenvalue weighted by atomic mass is 10.3. The molecule has 0 aliphatic rings. The molecule has 0 bridgehead atoms. The van der Waals surface area contributed by atoms with E-state index in [2.05, 4.69) is 5.32 Å². The predicted molar refractivity (Wildman–Crippen MR) is 77.6 cm³/mol. The maximum atomic E-state index is 11.6. The molecule has 0 saturated heterocycles. The fraction of sp³-hybridized carbons (Fsp3) is 0.364. The Labute approximate surface area is 119 Å². The van der Waals surface area contributed by atoms with Crippen molar-refractivity contribution >= 4 is 39.9 Å². The first-order valence-corrected chi connectivity index (χ1v) is 6.45. The highest BCUT2D eigenvalue weighted by molar-refractivity contribution is 14.1. The van der Waals surface area contributed by atoms with Crippen LogP contribution in [0.3, 0.4) is 0 Å². The average molecular weight is 363 g/mol. The molecule has 0 heterocycles. The molecule has 0 saturated carbocycles. The quantitative estimate of drug-likeness (QED) is 0.494. The third kappa shape index (κ3) is 3.83. The van der Waals surface area contributed by atoms with Crippen LogP contribution < -0.4 is 5.32 Å². The Hall–Kier alpha value is -1.38. The number of nitro benzene ring substituents is 1. The van der Waals surface area contributed by atoms with E-state index in [9.17, 15) is 14.9 Å². The number of benzene rings is 1. The number of likely N-dealkylation sites (N-methyl/N-ethyl adjacent to an activating group) is 1. The molecule has 0 unspecified atom stereocenters. The van der Waals surface area contributed by atoms with Crippen molar-refractivity contribution in [2.45, 2.75) is 6.92 Å². The van der Waals surface area contributed by atoms with E-state index in [1.807, 2.05) is 29.5 Å². The Morgan fingerprint density at radius 1 is 1.56 bits per heavy atom. The van der Waals surface area contributed by atoms with Crippen LogP contribution in [-0.2, 0) is 4.79 Å². The molecule has 98 valence electrons. The summed E-state index contributed by atoms with van der Waals surface area (Å²) >= 11 is 2.00. The van der Waals surface area contributed by atoms with Crippen LogP contribution in [0.15, 0.2) is 18.2 Å². The fourth-order valence-corrected chi connectivity index (χ4v) is 1.93. The summed E-state index contributed by atoms with van der Waals surface area (Å²) < 4.78 is 0.716. The number of non-ortho nitro benzene ring substituents is 1. The van der Waals surface area contributed by atoms with Crippen LogP contribution in [0.2, 0.25) is 0 Å². The molecule has 0 spiro atoms. The van der Waals surface area contributed by atoms with Crippen LogP contribution >= 0.6 is 22.6 Å². The number of nitrogens with zero attached hydrogens (tertiary/aromatic N) is 2. The summed E-state index contributed by atoms with van der Waals surface area (Å²) in [5, 5.41) is 13.6. The van der Waals surface area contributed by atoms with Crippen molar-refractivity contribution in [3.05, 3.63) is 31.9 Å². The van der Waals surface area contributed by atoms with E-state index in [-0.39, 0.29) is 18.1 Å². The fourth-order valence-electron chi connectivity index (χ4n) is 1.24. The number of rotatable bonds is 5. The van der Waals surface area contributed by atoms with Crippen molar-refractivity contribution in [1.82, 2.24) is 4.90 Å². The van der Waals surface area contributed by atoms with Crippen molar-refractivity contribution in [3.63, 3.8) is 0 Å². The monoisotopic (exact) mass is 363 g/mol. The highest BCUT2D eigenvalue weighted by atomic mass is 127. The number of nitro groups is 1. The van der Waals surface area contributed by atoms with Crippen LogP contribution in [-0.4, -0.2) is 35.9 Å². The van der Waals surface area contributed by atoms with Gasteiger partial charge in [-0.15, -0.1) is 0 Å². The number of anilines is 1. The number of halogens is 1. The van der Waals surface area contributed by atoms with Gasteiger partial charge in [-0.25, -0.2) is 0 Å². The van der Waals surface area contributed by atoms with Crippen LogP contribution in [0.1, 0.15) is 6.92 Å². The van der Waals surface area contributed by atoms with Gasteiger partial charge in [0.1, 0.15) is 0 Å². The molecule has 6 nitrogen and oxygen atoms in total. The van der Waals surface area contributed by atoms with Gasteiger partial charge in [-0.2, -0.15) is 0 Å². The molecule has 1 aromatic rings. The van der Waals surface area contributed by atoms with E-state index in [0.29, 0.717) is 10.1 Å². The third-order valence-corrected chi connectivity index (χ3v) is 3.39. The number of hydrogen-bond acceptors (Lipinski definition) is 4. The summed E-state index contributed by atoms with van der Waals surface area (Å²) in [6.45, 7) is 2.73. The van der Waals surface area contributed by atoms with Gasteiger partial charge in [-0.3, -0.25) is 14.9 Å². The van der Waals surface area contributed by atoms with E-state index < -0.39 is 4.92 Å². The van der Waals surface area contributed by atoms with Gasteiger partial charge in [-0.1, -0.05) is 0 Å². The molecule has 0 aliphatic carbocycles. The Morgan fingerprint density at radius 3 is 2.72 bits per heavy atom. The average Bonchev–Trinajstić information content (AvgIpc) is 2.35. The summed E-state index contributed by atoms with van der Waals surface area (Å²) in [4.78, 5) is 23.3. The number of carbonyl (C=O) groups is 1.